The van der Waals surface area contributed by atoms with Crippen molar-refractivity contribution in [1.29, 1.82) is 0 Å². The van der Waals surface area contributed by atoms with Gasteiger partial charge in [-0.3, -0.25) is 4.79 Å². The third-order valence-corrected chi connectivity index (χ3v) is 4.13. The average molecular weight is 316 g/mol. The maximum absolute atomic E-state index is 12.4. The van der Waals surface area contributed by atoms with Crippen LogP contribution in [0.2, 0.25) is 0 Å². The van der Waals surface area contributed by atoms with Crippen LogP contribution in [0.3, 0.4) is 0 Å². The van der Waals surface area contributed by atoms with Gasteiger partial charge in [0.2, 0.25) is 5.91 Å². The number of likely N-dealkylation sites (N-methyl/N-ethyl adjacent to an activating group) is 1. The summed E-state index contributed by atoms with van der Waals surface area (Å²) in [5.41, 5.74) is 3.34. The number of hydrogen-bond donors (Lipinski definition) is 0. The predicted molar refractivity (Wildman–Crippen MR) is 80.4 cm³/mol. The van der Waals surface area contributed by atoms with Crippen LogP contribution in [0.4, 0.5) is 5.69 Å². The lowest BCUT2D eigenvalue weighted by molar-refractivity contribution is -0.119. The van der Waals surface area contributed by atoms with Crippen molar-refractivity contribution < 1.29 is 4.79 Å². The fraction of sp³-hybridized carbons (Fsp3) is 0.188. The molecular weight excluding hydrogens is 302 g/mol. The largest absolute Gasteiger partial charge is 0.315 e. The Labute approximate surface area is 121 Å². The molecule has 0 saturated carbocycles. The van der Waals surface area contributed by atoms with Gasteiger partial charge in [-0.2, -0.15) is 0 Å². The summed E-state index contributed by atoms with van der Waals surface area (Å²) in [6.45, 7) is 0. The Morgan fingerprint density at radius 1 is 1.16 bits per heavy atom. The molecule has 2 aromatic carbocycles. The van der Waals surface area contributed by atoms with Crippen LogP contribution in [0.5, 0.6) is 0 Å². The molecule has 1 aliphatic heterocycles. The van der Waals surface area contributed by atoms with Crippen LogP contribution < -0.4 is 4.90 Å². The molecule has 19 heavy (non-hydrogen) atoms. The van der Waals surface area contributed by atoms with Gasteiger partial charge in [-0.05, 0) is 35.7 Å². The van der Waals surface area contributed by atoms with Crippen LogP contribution in [0.1, 0.15) is 17.0 Å². The lowest BCUT2D eigenvalue weighted by atomic mass is 9.93. The summed E-state index contributed by atoms with van der Waals surface area (Å²) in [4.78, 5) is 14.1. The molecule has 0 fully saturated rings. The van der Waals surface area contributed by atoms with Crippen LogP contribution in [0.15, 0.2) is 53.0 Å². The molecule has 2 nitrogen and oxygen atoms in total. The maximum atomic E-state index is 12.4. The first-order valence-corrected chi connectivity index (χ1v) is 7.07. The number of anilines is 1. The van der Waals surface area contributed by atoms with Crippen molar-refractivity contribution in [3.8, 4) is 0 Å². The quantitative estimate of drug-likeness (QED) is 0.826. The molecule has 0 aliphatic carbocycles. The summed E-state index contributed by atoms with van der Waals surface area (Å²) in [5.74, 6) is 0.108. The number of rotatable bonds is 2. The Bertz CT molecular complexity index is 624. The molecule has 0 bridgehead atoms. The number of hydrogen-bond acceptors (Lipinski definition) is 1. The van der Waals surface area contributed by atoms with E-state index in [-0.39, 0.29) is 11.8 Å². The second kappa shape index (κ2) is 4.82. The molecule has 0 unspecified atom stereocenters. The third-order valence-electron chi connectivity index (χ3n) is 3.64. The maximum Gasteiger partial charge on any atom is 0.234 e. The van der Waals surface area contributed by atoms with E-state index in [0.717, 1.165) is 22.1 Å². The van der Waals surface area contributed by atoms with E-state index >= 15 is 0 Å². The zero-order valence-electron chi connectivity index (χ0n) is 10.6. The lowest BCUT2D eigenvalue weighted by Gasteiger charge is -2.11. The third kappa shape index (κ3) is 2.19. The van der Waals surface area contributed by atoms with Gasteiger partial charge in [0.15, 0.2) is 0 Å². The van der Waals surface area contributed by atoms with E-state index in [1.165, 1.54) is 5.56 Å². The Hall–Kier alpha value is -1.61. The molecule has 1 atom stereocenters. The fourth-order valence-electron chi connectivity index (χ4n) is 2.64. The van der Waals surface area contributed by atoms with Crippen molar-refractivity contribution in [2.75, 3.05) is 11.9 Å². The first-order chi connectivity index (χ1) is 9.16. The minimum Gasteiger partial charge on any atom is -0.315 e. The zero-order chi connectivity index (χ0) is 13.4. The van der Waals surface area contributed by atoms with Crippen LogP contribution in [-0.2, 0) is 11.2 Å². The van der Waals surface area contributed by atoms with Gasteiger partial charge in [0.25, 0.3) is 0 Å². The minimum absolute atomic E-state index is 0.0695. The molecule has 0 spiro atoms. The molecule has 96 valence electrons. The Morgan fingerprint density at radius 2 is 1.89 bits per heavy atom. The molecule has 0 N–H and O–H groups in total. The summed E-state index contributed by atoms with van der Waals surface area (Å²) in [5, 5.41) is 0. The SMILES string of the molecule is CN1C(=O)[C@@H](Cc2ccccc2)c2cc(Br)ccc21. The van der Waals surface area contributed by atoms with Gasteiger partial charge in [-0.1, -0.05) is 46.3 Å². The summed E-state index contributed by atoms with van der Waals surface area (Å²) in [6.07, 6.45) is 0.757. The van der Waals surface area contributed by atoms with E-state index in [2.05, 4.69) is 34.1 Å². The highest BCUT2D eigenvalue weighted by molar-refractivity contribution is 9.10. The molecule has 1 aliphatic rings. The molecule has 1 amide bonds. The summed E-state index contributed by atoms with van der Waals surface area (Å²) in [6, 6.07) is 16.2. The van der Waals surface area contributed by atoms with E-state index in [1.807, 2.05) is 37.4 Å². The van der Waals surface area contributed by atoms with E-state index in [4.69, 9.17) is 0 Å². The van der Waals surface area contributed by atoms with Crippen molar-refractivity contribution in [2.45, 2.75) is 12.3 Å². The topological polar surface area (TPSA) is 20.3 Å². The fourth-order valence-corrected chi connectivity index (χ4v) is 3.02. The molecule has 3 heteroatoms. The predicted octanol–water partition coefficient (Wildman–Crippen LogP) is 3.75. The van der Waals surface area contributed by atoms with Gasteiger partial charge >= 0.3 is 0 Å². The summed E-state index contributed by atoms with van der Waals surface area (Å²) < 4.78 is 1.02. The second-order valence-corrected chi connectivity index (χ2v) is 5.76. The van der Waals surface area contributed by atoms with Crippen LogP contribution in [0.25, 0.3) is 0 Å². The van der Waals surface area contributed by atoms with E-state index in [1.54, 1.807) is 4.90 Å². The van der Waals surface area contributed by atoms with E-state index < -0.39 is 0 Å². The molecule has 0 aromatic heterocycles. The van der Waals surface area contributed by atoms with Gasteiger partial charge in [-0.25, -0.2) is 0 Å². The van der Waals surface area contributed by atoms with Gasteiger partial charge in [0, 0.05) is 17.2 Å². The number of carbonyl (C=O) groups excluding carboxylic acids is 1. The van der Waals surface area contributed by atoms with Crippen molar-refractivity contribution in [3.63, 3.8) is 0 Å². The molecule has 2 aromatic rings. The van der Waals surface area contributed by atoms with Crippen molar-refractivity contribution in [3.05, 3.63) is 64.1 Å². The highest BCUT2D eigenvalue weighted by Crippen LogP contribution is 2.39. The van der Waals surface area contributed by atoms with Gasteiger partial charge < -0.3 is 4.90 Å². The van der Waals surface area contributed by atoms with Gasteiger partial charge in [0.05, 0.1) is 5.92 Å². The van der Waals surface area contributed by atoms with Crippen LogP contribution in [-0.4, -0.2) is 13.0 Å². The standard InChI is InChI=1S/C16H14BrNO/c1-18-15-8-7-12(17)10-13(15)14(16(18)19)9-11-5-3-2-4-6-11/h2-8,10,14H,9H2,1H3/t14-/m0/s1. The van der Waals surface area contributed by atoms with Crippen LogP contribution >= 0.6 is 15.9 Å². The van der Waals surface area contributed by atoms with Crippen LogP contribution in [0, 0.1) is 0 Å². The smallest absolute Gasteiger partial charge is 0.234 e. The van der Waals surface area contributed by atoms with E-state index in [0.29, 0.717) is 0 Å². The first kappa shape index (κ1) is 12.4. The average Bonchev–Trinajstić information content (AvgIpc) is 2.65. The van der Waals surface area contributed by atoms with Crippen molar-refractivity contribution >= 4 is 27.5 Å². The Balaban J connectivity index is 1.99. The normalized spacial score (nSPS) is 17.7. The van der Waals surface area contributed by atoms with E-state index in [9.17, 15) is 4.79 Å². The molecular formula is C16H14BrNO. The number of fused-ring (bicyclic) bond motifs is 1. The minimum atomic E-state index is -0.0695. The van der Waals surface area contributed by atoms with Crippen molar-refractivity contribution in [2.24, 2.45) is 0 Å². The number of benzene rings is 2. The zero-order valence-corrected chi connectivity index (χ0v) is 12.2. The highest BCUT2D eigenvalue weighted by Gasteiger charge is 2.34. The molecule has 0 radical (unpaired) electrons. The number of nitrogens with zero attached hydrogens (tertiary/aromatic N) is 1. The number of carbonyl (C=O) groups is 1. The summed E-state index contributed by atoms with van der Waals surface area (Å²) >= 11 is 3.49. The highest BCUT2D eigenvalue weighted by atomic mass is 79.9. The Kier molecular flexibility index (Phi) is 3.15. The second-order valence-electron chi connectivity index (χ2n) is 4.84. The summed E-state index contributed by atoms with van der Waals surface area (Å²) in [7, 11) is 1.85. The molecule has 1 heterocycles. The molecule has 3 rings (SSSR count). The number of amides is 1. The lowest BCUT2D eigenvalue weighted by Crippen LogP contribution is -2.24. The van der Waals surface area contributed by atoms with Gasteiger partial charge in [0.1, 0.15) is 0 Å². The van der Waals surface area contributed by atoms with Crippen molar-refractivity contribution in [1.82, 2.24) is 0 Å². The number of halogens is 1. The Morgan fingerprint density at radius 3 is 2.63 bits per heavy atom. The monoisotopic (exact) mass is 315 g/mol. The molecule has 0 saturated heterocycles. The first-order valence-electron chi connectivity index (χ1n) is 6.28. The van der Waals surface area contributed by atoms with Gasteiger partial charge in [-0.15, -0.1) is 0 Å².